The summed E-state index contributed by atoms with van der Waals surface area (Å²) in [5.41, 5.74) is 2.39. The summed E-state index contributed by atoms with van der Waals surface area (Å²) in [6, 6.07) is 5.90. The predicted molar refractivity (Wildman–Crippen MR) is 147 cm³/mol. The van der Waals surface area contributed by atoms with Crippen molar-refractivity contribution in [1.82, 2.24) is 9.97 Å². The number of nitrogens with zero attached hydrogens (tertiary/aromatic N) is 1. The van der Waals surface area contributed by atoms with Gasteiger partial charge in [0.05, 0.1) is 23.1 Å². The quantitative estimate of drug-likeness (QED) is 0.490. The Hall–Kier alpha value is -1.72. The van der Waals surface area contributed by atoms with E-state index in [0.717, 1.165) is 55.4 Å². The van der Waals surface area contributed by atoms with Crippen molar-refractivity contribution in [3.05, 3.63) is 39.9 Å². The van der Waals surface area contributed by atoms with Crippen molar-refractivity contribution in [2.24, 2.45) is 46.3 Å². The van der Waals surface area contributed by atoms with E-state index in [0.29, 0.717) is 40.9 Å². The minimum atomic E-state index is -0.220. The number of fused-ring (bicyclic) bond motifs is 6. The van der Waals surface area contributed by atoms with Gasteiger partial charge in [-0.15, -0.1) is 0 Å². The molecule has 1 heterocycles. The third-order valence-corrected chi connectivity index (χ3v) is 12.2. The summed E-state index contributed by atoms with van der Waals surface area (Å²) in [4.78, 5) is 20.5. The summed E-state index contributed by atoms with van der Waals surface area (Å²) >= 11 is 0. The minimum absolute atomic E-state index is 0.0316. The smallest absolute Gasteiger partial charge is 0.258 e. The molecule has 1 unspecified atom stereocenters. The van der Waals surface area contributed by atoms with Crippen LogP contribution in [0.3, 0.4) is 0 Å². The first-order valence-electron chi connectivity index (χ1n) is 15.0. The largest absolute Gasteiger partial charge is 0.393 e. The summed E-state index contributed by atoms with van der Waals surface area (Å²) in [6.07, 6.45) is 10.2. The number of rotatable bonds is 4. The van der Waals surface area contributed by atoms with Crippen LogP contribution in [0.5, 0.6) is 0 Å². The summed E-state index contributed by atoms with van der Waals surface area (Å²) in [5, 5.41) is 22.5. The average Bonchev–Trinajstić information content (AvgIpc) is 3.21. The lowest BCUT2D eigenvalue weighted by atomic mass is 9.43. The van der Waals surface area contributed by atoms with Gasteiger partial charge in [0, 0.05) is 6.42 Å². The molecule has 2 aromatic rings. The highest BCUT2D eigenvalue weighted by Crippen LogP contribution is 2.68. The fourth-order valence-electron chi connectivity index (χ4n) is 10.2. The lowest BCUT2D eigenvalue weighted by Crippen LogP contribution is -2.58. The van der Waals surface area contributed by atoms with Crippen molar-refractivity contribution < 1.29 is 10.2 Å². The number of aromatic nitrogens is 2. The number of nitrogens with one attached hydrogen (secondary N) is 1. The molecule has 5 nitrogen and oxygen atoms in total. The van der Waals surface area contributed by atoms with Crippen LogP contribution in [0.15, 0.2) is 23.0 Å². The molecule has 5 heteroatoms. The molecule has 0 spiro atoms. The molecular weight excluding hydrogens is 460 g/mol. The highest BCUT2D eigenvalue weighted by molar-refractivity contribution is 5.78. The highest BCUT2D eigenvalue weighted by Gasteiger charge is 2.62. The fraction of sp³-hybridized carbons (Fsp3) is 0.750. The Bertz CT molecular complexity index is 1220. The molecule has 202 valence electrons. The second kappa shape index (κ2) is 9.19. The minimum Gasteiger partial charge on any atom is -0.393 e. The monoisotopic (exact) mass is 506 g/mol. The molecule has 0 saturated heterocycles. The molecule has 37 heavy (non-hydrogen) atoms. The topological polar surface area (TPSA) is 86.2 Å². The van der Waals surface area contributed by atoms with Crippen LogP contribution in [0, 0.1) is 53.3 Å². The van der Waals surface area contributed by atoms with Gasteiger partial charge >= 0.3 is 0 Å². The maximum atomic E-state index is 12.7. The maximum Gasteiger partial charge on any atom is 0.258 e. The normalized spacial score (nSPS) is 42.2. The predicted octanol–water partition coefficient (Wildman–Crippen LogP) is 5.79. The van der Waals surface area contributed by atoms with Crippen molar-refractivity contribution >= 4 is 10.9 Å². The number of benzene rings is 1. The van der Waals surface area contributed by atoms with Crippen LogP contribution in [0.4, 0.5) is 0 Å². The van der Waals surface area contributed by atoms with E-state index in [1.807, 2.05) is 25.1 Å². The van der Waals surface area contributed by atoms with Crippen molar-refractivity contribution in [3.8, 4) is 0 Å². The molecule has 10 atom stereocenters. The molecule has 0 aliphatic heterocycles. The Morgan fingerprint density at radius 3 is 2.62 bits per heavy atom. The van der Waals surface area contributed by atoms with Crippen LogP contribution < -0.4 is 5.56 Å². The SMILES string of the molecule is Cc1ccc2nc(CC[C@@H](C)[C@H]3CC[C@H]4[C@H]5C(CC[C@]34C)[C@@]3(C)CC[C@@H](O)C[C@H]3C[C@@H]5O)[nH]c(=O)c2c1. The van der Waals surface area contributed by atoms with Gasteiger partial charge < -0.3 is 15.2 Å². The van der Waals surface area contributed by atoms with Gasteiger partial charge in [-0.25, -0.2) is 4.98 Å². The van der Waals surface area contributed by atoms with E-state index in [4.69, 9.17) is 4.98 Å². The summed E-state index contributed by atoms with van der Waals surface area (Å²) < 4.78 is 0. The molecule has 0 amide bonds. The second-order valence-electron chi connectivity index (χ2n) is 14.0. The third-order valence-electron chi connectivity index (χ3n) is 12.2. The summed E-state index contributed by atoms with van der Waals surface area (Å²) in [6.45, 7) is 9.43. The van der Waals surface area contributed by atoms with Crippen LogP contribution >= 0.6 is 0 Å². The van der Waals surface area contributed by atoms with Gasteiger partial charge in [-0.3, -0.25) is 4.79 Å². The molecular formula is C32H46N2O3. The number of aliphatic hydroxyl groups excluding tert-OH is 2. The van der Waals surface area contributed by atoms with Crippen LogP contribution in [0.2, 0.25) is 0 Å². The summed E-state index contributed by atoms with van der Waals surface area (Å²) in [5.74, 6) is 4.08. The van der Waals surface area contributed by atoms with Gasteiger partial charge in [0.2, 0.25) is 0 Å². The van der Waals surface area contributed by atoms with Gasteiger partial charge in [0.15, 0.2) is 0 Å². The van der Waals surface area contributed by atoms with Crippen LogP contribution in [-0.4, -0.2) is 32.4 Å². The number of aliphatic hydroxyl groups is 2. The van der Waals surface area contributed by atoms with Gasteiger partial charge in [-0.2, -0.15) is 0 Å². The lowest BCUT2D eigenvalue weighted by Gasteiger charge is -2.62. The molecule has 1 aromatic heterocycles. The zero-order chi connectivity index (χ0) is 26.1. The van der Waals surface area contributed by atoms with Crippen molar-refractivity contribution in [3.63, 3.8) is 0 Å². The standard InChI is InChI=1S/C32H46N2O3/c1-18-5-9-26-22(15-18)30(37)34-28(33-26)10-6-19(2)23-7-8-24-29-25(12-14-32(23,24)4)31(3)13-11-21(35)16-20(31)17-27(29)36/h5,9,15,19-21,23-25,27,29,35-36H,6-8,10-14,16-17H2,1-4H3,(H,33,34,37)/t19-,20+,21-,23-,24+,25?,27+,29+,31+,32-/m1/s1. The first kappa shape index (κ1) is 25.6. The van der Waals surface area contributed by atoms with E-state index in [-0.39, 0.29) is 28.6 Å². The highest BCUT2D eigenvalue weighted by atomic mass is 16.3. The Morgan fingerprint density at radius 2 is 1.81 bits per heavy atom. The number of H-pyrrole nitrogens is 1. The van der Waals surface area contributed by atoms with E-state index in [2.05, 4.69) is 25.8 Å². The van der Waals surface area contributed by atoms with Crippen molar-refractivity contribution in [2.45, 2.75) is 104 Å². The molecule has 0 radical (unpaired) electrons. The van der Waals surface area contributed by atoms with E-state index in [9.17, 15) is 15.0 Å². The van der Waals surface area contributed by atoms with Crippen LogP contribution in [-0.2, 0) is 6.42 Å². The first-order chi connectivity index (χ1) is 17.6. The third kappa shape index (κ3) is 4.11. The van der Waals surface area contributed by atoms with Gasteiger partial charge in [0.25, 0.3) is 5.56 Å². The second-order valence-corrected chi connectivity index (χ2v) is 14.0. The summed E-state index contributed by atoms with van der Waals surface area (Å²) in [7, 11) is 0. The number of hydrogen-bond acceptors (Lipinski definition) is 4. The van der Waals surface area contributed by atoms with Crippen LogP contribution in [0.25, 0.3) is 10.9 Å². The Morgan fingerprint density at radius 1 is 1.05 bits per heavy atom. The van der Waals surface area contributed by atoms with Gasteiger partial charge in [-0.05, 0) is 123 Å². The number of aryl methyl sites for hydroxylation is 2. The Kier molecular flexibility index (Phi) is 6.35. The molecule has 1 aromatic carbocycles. The fourth-order valence-corrected chi connectivity index (χ4v) is 10.2. The number of aromatic amines is 1. The van der Waals surface area contributed by atoms with E-state index in [1.54, 1.807) is 0 Å². The van der Waals surface area contributed by atoms with Crippen molar-refractivity contribution in [1.29, 1.82) is 0 Å². The molecule has 4 aliphatic carbocycles. The zero-order valence-corrected chi connectivity index (χ0v) is 23.2. The zero-order valence-electron chi connectivity index (χ0n) is 23.2. The Labute approximate surface area is 221 Å². The van der Waals surface area contributed by atoms with Gasteiger partial charge in [-0.1, -0.05) is 32.4 Å². The molecule has 3 N–H and O–H groups in total. The molecule has 4 aliphatic rings. The molecule has 4 fully saturated rings. The number of hydrogen-bond donors (Lipinski definition) is 3. The van der Waals surface area contributed by atoms with Crippen molar-refractivity contribution in [2.75, 3.05) is 0 Å². The maximum absolute atomic E-state index is 12.7. The Balaban J connectivity index is 1.18. The van der Waals surface area contributed by atoms with E-state index >= 15 is 0 Å². The average molecular weight is 507 g/mol. The first-order valence-corrected chi connectivity index (χ1v) is 15.0. The van der Waals surface area contributed by atoms with E-state index in [1.165, 1.54) is 25.7 Å². The van der Waals surface area contributed by atoms with E-state index < -0.39 is 0 Å². The molecule has 0 bridgehead atoms. The van der Waals surface area contributed by atoms with Gasteiger partial charge in [0.1, 0.15) is 5.82 Å². The lowest BCUT2D eigenvalue weighted by molar-refractivity contribution is -0.174. The molecule has 6 rings (SSSR count). The molecule has 4 saturated carbocycles. The van der Waals surface area contributed by atoms with Crippen LogP contribution in [0.1, 0.15) is 89.9 Å².